The summed E-state index contributed by atoms with van der Waals surface area (Å²) in [5.41, 5.74) is 4.87. The van der Waals surface area contributed by atoms with Crippen molar-refractivity contribution in [3.63, 3.8) is 0 Å². The molecule has 2 fully saturated rings. The number of aromatic nitrogens is 2. The maximum atomic E-state index is 14.2. The number of pyridine rings is 2. The number of benzene rings is 2. The molecule has 3 aliphatic heterocycles. The molecule has 5 aromatic rings. The van der Waals surface area contributed by atoms with Crippen molar-refractivity contribution in [3.05, 3.63) is 119 Å². The van der Waals surface area contributed by atoms with Crippen molar-refractivity contribution in [1.82, 2.24) is 9.97 Å². The van der Waals surface area contributed by atoms with Gasteiger partial charge in [0, 0.05) is 61.9 Å². The lowest BCUT2D eigenvalue weighted by Gasteiger charge is -2.53. The van der Waals surface area contributed by atoms with E-state index >= 15 is 0 Å². The van der Waals surface area contributed by atoms with E-state index in [2.05, 4.69) is 25.5 Å². The third-order valence-electron chi connectivity index (χ3n) is 9.85. The van der Waals surface area contributed by atoms with Crippen molar-refractivity contribution >= 4 is 51.3 Å². The predicted octanol–water partition coefficient (Wildman–Crippen LogP) is 6.98. The molecule has 258 valence electrons. The number of thiophene rings is 1. The molecule has 3 amide bonds. The van der Waals surface area contributed by atoms with Crippen molar-refractivity contribution in [2.24, 2.45) is 5.41 Å². The summed E-state index contributed by atoms with van der Waals surface area (Å²) >= 11 is 1.34. The maximum Gasteiger partial charge on any atom is 0.259 e. The van der Waals surface area contributed by atoms with Gasteiger partial charge in [0.25, 0.3) is 17.7 Å². The van der Waals surface area contributed by atoms with Gasteiger partial charge in [0.2, 0.25) is 0 Å². The number of hydrogen-bond donors (Lipinski definition) is 2. The number of nitrogens with zero attached hydrogens (tertiary/aromatic N) is 4. The predicted molar refractivity (Wildman–Crippen MR) is 195 cm³/mol. The van der Waals surface area contributed by atoms with Crippen molar-refractivity contribution in [1.29, 1.82) is 0 Å². The van der Waals surface area contributed by atoms with Gasteiger partial charge in [-0.15, -0.1) is 11.3 Å². The third kappa shape index (κ3) is 6.36. The Morgan fingerprint density at radius 3 is 2.45 bits per heavy atom. The summed E-state index contributed by atoms with van der Waals surface area (Å²) in [5, 5.41) is 6.39. The zero-order valence-electron chi connectivity index (χ0n) is 27.9. The molecule has 0 aliphatic carbocycles. The van der Waals surface area contributed by atoms with Crippen molar-refractivity contribution < 1.29 is 23.5 Å². The van der Waals surface area contributed by atoms with Gasteiger partial charge in [0.1, 0.15) is 17.3 Å². The number of amides is 3. The highest BCUT2D eigenvalue weighted by Gasteiger charge is 2.45. The molecule has 2 N–H and O–H groups in total. The van der Waals surface area contributed by atoms with Crippen LogP contribution in [0.1, 0.15) is 55.0 Å². The molecule has 0 saturated carbocycles. The number of halogens is 1. The van der Waals surface area contributed by atoms with Crippen molar-refractivity contribution in [2.75, 3.05) is 53.3 Å². The van der Waals surface area contributed by atoms with E-state index in [1.165, 1.54) is 29.5 Å². The van der Waals surface area contributed by atoms with Gasteiger partial charge < -0.3 is 25.2 Å². The SMILES string of the molecule is Cc1cnc(N2CC3(CCOCC3)C2)c(C(=O)Nc2ccc(C(=O)N3CCc4cc(NC(=O)c5ccccc5F)sc4-c4ncccc43)cc2)c1. The van der Waals surface area contributed by atoms with E-state index in [-0.39, 0.29) is 22.8 Å². The molecule has 1 spiro atoms. The number of carbonyl (C=O) groups excluding carboxylic acids is 3. The van der Waals surface area contributed by atoms with Gasteiger partial charge in [0.15, 0.2) is 0 Å². The average molecular weight is 703 g/mol. The van der Waals surface area contributed by atoms with Crippen LogP contribution in [-0.2, 0) is 11.2 Å². The molecule has 8 rings (SSSR count). The van der Waals surface area contributed by atoms with Gasteiger partial charge in [-0.1, -0.05) is 12.1 Å². The topological polar surface area (TPSA) is 117 Å². The van der Waals surface area contributed by atoms with E-state index in [4.69, 9.17) is 4.74 Å². The fourth-order valence-corrected chi connectivity index (χ4v) is 8.23. The molecule has 10 nitrogen and oxygen atoms in total. The smallest absolute Gasteiger partial charge is 0.259 e. The van der Waals surface area contributed by atoms with Crippen LogP contribution in [-0.4, -0.2) is 60.5 Å². The summed E-state index contributed by atoms with van der Waals surface area (Å²) in [6, 6.07) is 20.1. The summed E-state index contributed by atoms with van der Waals surface area (Å²) in [7, 11) is 0. The monoisotopic (exact) mass is 702 g/mol. The lowest BCUT2D eigenvalue weighted by Crippen LogP contribution is -2.59. The van der Waals surface area contributed by atoms with Gasteiger partial charge >= 0.3 is 0 Å². The highest BCUT2D eigenvalue weighted by atomic mass is 32.1. The van der Waals surface area contributed by atoms with Crippen molar-refractivity contribution in [2.45, 2.75) is 26.2 Å². The van der Waals surface area contributed by atoms with Crippen LogP contribution >= 0.6 is 11.3 Å². The first kappa shape index (κ1) is 32.7. The molecule has 51 heavy (non-hydrogen) atoms. The van der Waals surface area contributed by atoms with Gasteiger partial charge in [-0.2, -0.15) is 0 Å². The van der Waals surface area contributed by atoms with Crippen LogP contribution in [0.25, 0.3) is 10.6 Å². The Kier molecular flexibility index (Phi) is 8.56. The molecule has 3 aliphatic rings. The number of carbonyl (C=O) groups is 3. The Morgan fingerprint density at radius 1 is 0.902 bits per heavy atom. The van der Waals surface area contributed by atoms with Crippen LogP contribution in [0.5, 0.6) is 0 Å². The van der Waals surface area contributed by atoms with Gasteiger partial charge in [0.05, 0.1) is 26.7 Å². The fourth-order valence-electron chi connectivity index (χ4n) is 7.12. The Hall–Kier alpha value is -5.46. The van der Waals surface area contributed by atoms with E-state index in [0.29, 0.717) is 52.0 Å². The average Bonchev–Trinajstić information content (AvgIpc) is 3.46. The molecule has 2 saturated heterocycles. The molecule has 2 aromatic carbocycles. The minimum atomic E-state index is -0.590. The highest BCUT2D eigenvalue weighted by molar-refractivity contribution is 7.19. The number of aryl methyl sites for hydroxylation is 1. The first-order valence-corrected chi connectivity index (χ1v) is 17.8. The highest BCUT2D eigenvalue weighted by Crippen LogP contribution is 2.44. The number of nitrogens with one attached hydrogen (secondary N) is 2. The van der Waals surface area contributed by atoms with E-state index in [1.807, 2.05) is 25.1 Å². The van der Waals surface area contributed by atoms with Crippen LogP contribution in [0.2, 0.25) is 0 Å². The van der Waals surface area contributed by atoms with Crippen LogP contribution in [0.3, 0.4) is 0 Å². The quantitative estimate of drug-likeness (QED) is 0.196. The summed E-state index contributed by atoms with van der Waals surface area (Å²) in [4.78, 5) is 54.3. The van der Waals surface area contributed by atoms with Gasteiger partial charge in [-0.05, 0) is 98.0 Å². The second kappa shape index (κ2) is 13.3. The number of fused-ring (bicyclic) bond motifs is 3. The zero-order chi connectivity index (χ0) is 35.1. The van der Waals surface area contributed by atoms with Gasteiger partial charge in [-0.3, -0.25) is 19.4 Å². The summed E-state index contributed by atoms with van der Waals surface area (Å²) < 4.78 is 19.8. The summed E-state index contributed by atoms with van der Waals surface area (Å²) in [5.74, 6) is -0.888. The number of ether oxygens (including phenoxy) is 1. The fraction of sp³-hybridized carbons (Fsp3) is 0.256. The lowest BCUT2D eigenvalue weighted by atomic mass is 9.73. The second-order valence-corrected chi connectivity index (χ2v) is 14.4. The number of hydrogen-bond acceptors (Lipinski definition) is 8. The van der Waals surface area contributed by atoms with E-state index in [0.717, 1.165) is 55.1 Å². The van der Waals surface area contributed by atoms with Gasteiger partial charge in [-0.25, -0.2) is 9.37 Å². The van der Waals surface area contributed by atoms with Crippen LogP contribution in [0.15, 0.2) is 85.2 Å². The first-order chi connectivity index (χ1) is 24.8. The molecule has 12 heteroatoms. The summed E-state index contributed by atoms with van der Waals surface area (Å²) in [6.07, 6.45) is 6.04. The number of anilines is 4. The van der Waals surface area contributed by atoms with E-state index < -0.39 is 11.7 Å². The molecule has 0 unspecified atom stereocenters. The zero-order valence-corrected chi connectivity index (χ0v) is 28.8. The molecule has 0 bridgehead atoms. The third-order valence-corrected chi connectivity index (χ3v) is 10.9. The normalized spacial score (nSPS) is 16.0. The summed E-state index contributed by atoms with van der Waals surface area (Å²) in [6.45, 7) is 5.58. The maximum absolute atomic E-state index is 14.2. The van der Waals surface area contributed by atoms with E-state index in [9.17, 15) is 18.8 Å². The molecule has 0 atom stereocenters. The molecular weight excluding hydrogens is 668 g/mol. The standard InChI is InChI=1S/C39H35FN6O4S/c1-24-19-29(35(42-21-24)45-22-39(23-45)13-17-50-18-14-39)37(48)43-27-10-8-25(9-11-27)38(49)46-16-12-26-20-32(44-36(47)28-5-2-3-6-30(28)40)51-34(26)33-31(46)7-4-15-41-33/h2-11,15,19-21H,12-14,16-18,22-23H2,1H3,(H,43,48)(H,44,47). The van der Waals surface area contributed by atoms with E-state index in [1.54, 1.807) is 53.7 Å². The van der Waals surface area contributed by atoms with Crippen molar-refractivity contribution in [3.8, 4) is 10.6 Å². The molecular formula is C39H35FN6O4S. The number of rotatable bonds is 6. The largest absolute Gasteiger partial charge is 0.381 e. The Bertz CT molecular complexity index is 2160. The lowest BCUT2D eigenvalue weighted by molar-refractivity contribution is -0.000511. The Labute approximate surface area is 298 Å². The minimum Gasteiger partial charge on any atom is -0.381 e. The molecule has 6 heterocycles. The van der Waals surface area contributed by atoms with Crippen LogP contribution < -0.4 is 20.4 Å². The Balaban J connectivity index is 0.971. The minimum absolute atomic E-state index is 0.0332. The second-order valence-electron chi connectivity index (χ2n) is 13.4. The van der Waals surface area contributed by atoms with Crippen LogP contribution in [0, 0.1) is 18.2 Å². The first-order valence-electron chi connectivity index (χ1n) is 16.9. The van der Waals surface area contributed by atoms with Crippen LogP contribution in [0.4, 0.5) is 26.6 Å². The Morgan fingerprint density at radius 2 is 1.67 bits per heavy atom. The molecule has 3 aromatic heterocycles. The molecule has 0 radical (unpaired) electrons.